The summed E-state index contributed by atoms with van der Waals surface area (Å²) in [6.07, 6.45) is -0.0429. The monoisotopic (exact) mass is 628 g/mol. The minimum Gasteiger partial charge on any atom is -0.456 e. The second-order valence-corrected chi connectivity index (χ2v) is 13.5. The fourth-order valence-electron chi connectivity index (χ4n) is 6.26. The topological polar surface area (TPSA) is 101 Å². The van der Waals surface area contributed by atoms with Crippen LogP contribution in [0.1, 0.15) is 30.2 Å². The van der Waals surface area contributed by atoms with Crippen LogP contribution in [0.4, 0.5) is 14.5 Å². The van der Waals surface area contributed by atoms with E-state index in [-0.39, 0.29) is 11.7 Å². The Bertz CT molecular complexity index is 2240. The van der Waals surface area contributed by atoms with Crippen LogP contribution in [0.25, 0.3) is 55.8 Å². The van der Waals surface area contributed by atoms with Crippen LogP contribution in [0.5, 0.6) is 0 Å². The summed E-state index contributed by atoms with van der Waals surface area (Å²) in [7, 11) is -0.670. The number of hydrogen-bond donors (Lipinski definition) is 2. The number of anilines is 1. The fraction of sp³-hybridized carbons (Fsp3) is 0.206. The summed E-state index contributed by atoms with van der Waals surface area (Å²) in [6, 6.07) is 19.7. The largest absolute Gasteiger partial charge is 0.456 e. The molecule has 230 valence electrons. The highest BCUT2D eigenvalue weighted by molar-refractivity contribution is 7.92. The first-order valence-electron chi connectivity index (χ1n) is 14.4. The summed E-state index contributed by atoms with van der Waals surface area (Å²) in [5.41, 5.74) is 5.82. The van der Waals surface area contributed by atoms with Crippen molar-refractivity contribution in [3.8, 4) is 34.0 Å². The van der Waals surface area contributed by atoms with Crippen LogP contribution in [-0.4, -0.2) is 43.4 Å². The van der Waals surface area contributed by atoms with Gasteiger partial charge < -0.3 is 14.1 Å². The lowest BCUT2D eigenvalue weighted by atomic mass is 9.93. The molecule has 0 saturated carbocycles. The van der Waals surface area contributed by atoms with E-state index in [9.17, 15) is 22.3 Å². The molecule has 1 aliphatic heterocycles. The van der Waals surface area contributed by atoms with Gasteiger partial charge in [0, 0.05) is 53.0 Å². The van der Waals surface area contributed by atoms with Crippen molar-refractivity contribution in [2.75, 3.05) is 24.7 Å². The van der Waals surface area contributed by atoms with Crippen molar-refractivity contribution in [1.82, 2.24) is 14.9 Å². The van der Waals surface area contributed by atoms with Gasteiger partial charge in [0.2, 0.25) is 10.0 Å². The Hall–Kier alpha value is -4.58. The zero-order valence-electron chi connectivity index (χ0n) is 25.0. The van der Waals surface area contributed by atoms with Crippen LogP contribution in [0, 0.1) is 11.6 Å². The average molecular weight is 629 g/mol. The summed E-state index contributed by atoms with van der Waals surface area (Å²) >= 11 is 0. The third kappa shape index (κ3) is 4.70. The van der Waals surface area contributed by atoms with E-state index >= 15 is 0 Å². The molecule has 0 amide bonds. The van der Waals surface area contributed by atoms with Crippen molar-refractivity contribution in [3.05, 3.63) is 95.6 Å². The summed E-state index contributed by atoms with van der Waals surface area (Å²) in [5.74, 6) is -0.317. The van der Waals surface area contributed by atoms with Gasteiger partial charge in [-0.2, -0.15) is 0 Å². The van der Waals surface area contributed by atoms with Crippen molar-refractivity contribution in [3.63, 3.8) is 0 Å². The SMILES string of the molecule is CNC(O)c1c(-c2ccc(F)cc2)oc2cc(N(C)S(C)(=O)=O)c(-c3ccc4c(n3)-c3cc5c(F)cccc5n3CC4C)cc12. The number of aromatic nitrogens is 2. The molecule has 2 atom stereocenters. The van der Waals surface area contributed by atoms with Gasteiger partial charge in [0.05, 0.1) is 34.5 Å². The normalized spacial score (nSPS) is 15.3. The summed E-state index contributed by atoms with van der Waals surface area (Å²) in [4.78, 5) is 5.09. The number of rotatable bonds is 6. The van der Waals surface area contributed by atoms with E-state index in [0.717, 1.165) is 27.3 Å². The molecule has 3 aromatic heterocycles. The number of aliphatic hydroxyl groups is 1. The van der Waals surface area contributed by atoms with Gasteiger partial charge >= 0.3 is 0 Å². The first-order valence-corrected chi connectivity index (χ1v) is 16.3. The van der Waals surface area contributed by atoms with Gasteiger partial charge in [-0.3, -0.25) is 9.62 Å². The summed E-state index contributed by atoms with van der Waals surface area (Å²) < 4.78 is 63.8. The maximum Gasteiger partial charge on any atom is 0.232 e. The Morgan fingerprint density at radius 1 is 1.07 bits per heavy atom. The second kappa shape index (κ2) is 10.5. The molecule has 8 nitrogen and oxygen atoms in total. The Labute approximate surface area is 258 Å². The maximum absolute atomic E-state index is 14.8. The summed E-state index contributed by atoms with van der Waals surface area (Å²) in [5, 5.41) is 15.0. The number of nitrogens with zero attached hydrogens (tertiary/aromatic N) is 3. The van der Waals surface area contributed by atoms with Crippen LogP contribution >= 0.6 is 0 Å². The Morgan fingerprint density at radius 3 is 2.53 bits per heavy atom. The molecule has 0 spiro atoms. The zero-order valence-corrected chi connectivity index (χ0v) is 25.8. The number of aliphatic hydroxyl groups excluding tert-OH is 1. The summed E-state index contributed by atoms with van der Waals surface area (Å²) in [6.45, 7) is 2.76. The van der Waals surface area contributed by atoms with E-state index in [1.165, 1.54) is 25.2 Å². The van der Waals surface area contributed by atoms with Crippen LogP contribution in [0.15, 0.2) is 77.2 Å². The molecule has 45 heavy (non-hydrogen) atoms. The average Bonchev–Trinajstić information content (AvgIpc) is 3.59. The number of furan rings is 1. The second-order valence-electron chi connectivity index (χ2n) is 11.5. The number of benzene rings is 3. The number of nitrogens with one attached hydrogen (secondary N) is 1. The lowest BCUT2D eigenvalue weighted by molar-refractivity contribution is 0.150. The van der Waals surface area contributed by atoms with Crippen LogP contribution in [0.3, 0.4) is 0 Å². The lowest BCUT2D eigenvalue weighted by Gasteiger charge is -2.26. The van der Waals surface area contributed by atoms with Gasteiger partial charge in [-0.05, 0) is 67.2 Å². The molecule has 11 heteroatoms. The third-order valence-corrected chi connectivity index (χ3v) is 9.85. The zero-order chi connectivity index (χ0) is 31.8. The first-order chi connectivity index (χ1) is 21.5. The molecule has 4 heterocycles. The van der Waals surface area contributed by atoms with Crippen LogP contribution < -0.4 is 9.62 Å². The van der Waals surface area contributed by atoms with Gasteiger partial charge in [0.15, 0.2) is 0 Å². The quantitative estimate of drug-likeness (QED) is 0.197. The molecule has 0 bridgehead atoms. The van der Waals surface area contributed by atoms with Gasteiger partial charge in [-0.15, -0.1) is 0 Å². The number of sulfonamides is 1. The molecule has 0 fully saturated rings. The number of hydrogen-bond acceptors (Lipinski definition) is 6. The van der Waals surface area contributed by atoms with E-state index in [4.69, 9.17) is 9.40 Å². The molecule has 0 radical (unpaired) electrons. The van der Waals surface area contributed by atoms with Crippen molar-refractivity contribution < 1.29 is 26.7 Å². The molecular formula is C34H30F2N4O4S. The van der Waals surface area contributed by atoms with E-state index in [2.05, 4.69) is 16.8 Å². The predicted octanol–water partition coefficient (Wildman–Crippen LogP) is 6.78. The third-order valence-electron chi connectivity index (χ3n) is 8.66. The highest BCUT2D eigenvalue weighted by atomic mass is 32.2. The molecule has 0 saturated heterocycles. The van der Waals surface area contributed by atoms with Gasteiger partial charge in [-0.1, -0.05) is 19.1 Å². The number of halogens is 2. The molecule has 3 aromatic carbocycles. The number of pyridine rings is 1. The Morgan fingerprint density at radius 2 is 1.82 bits per heavy atom. The van der Waals surface area contributed by atoms with E-state index in [1.807, 2.05) is 24.3 Å². The first kappa shape index (κ1) is 29.1. The van der Waals surface area contributed by atoms with Crippen molar-refractivity contribution in [2.24, 2.45) is 0 Å². The molecular weight excluding hydrogens is 598 g/mol. The fourth-order valence-corrected chi connectivity index (χ4v) is 6.77. The lowest BCUT2D eigenvalue weighted by Crippen LogP contribution is -2.25. The van der Waals surface area contributed by atoms with Gasteiger partial charge in [0.1, 0.15) is 29.2 Å². The van der Waals surface area contributed by atoms with E-state index < -0.39 is 22.1 Å². The Kier molecular flexibility index (Phi) is 6.81. The van der Waals surface area contributed by atoms with Crippen molar-refractivity contribution >= 4 is 37.6 Å². The van der Waals surface area contributed by atoms with Gasteiger partial charge in [-0.25, -0.2) is 22.2 Å². The standard InChI is InChI=1S/C34H30F2N4O4S/c1-18-17-40-27-7-5-6-25(36)22(27)15-29(40)32-21(18)12-13-26(38-32)23-14-24-30(16-28(23)39(3)45(4,42)43)44-33(31(24)34(41)37-2)19-8-10-20(35)11-9-19/h5-16,18,34,37,41H,17H2,1-4H3. The minimum atomic E-state index is -3.72. The van der Waals surface area contributed by atoms with Crippen LogP contribution in [-0.2, 0) is 16.6 Å². The van der Waals surface area contributed by atoms with E-state index in [0.29, 0.717) is 62.4 Å². The molecule has 0 aliphatic carbocycles. The van der Waals surface area contributed by atoms with Crippen molar-refractivity contribution in [1.29, 1.82) is 0 Å². The maximum atomic E-state index is 14.8. The smallest absolute Gasteiger partial charge is 0.232 e. The molecule has 2 unspecified atom stereocenters. The molecule has 1 aliphatic rings. The Balaban J connectivity index is 1.50. The van der Waals surface area contributed by atoms with E-state index in [1.54, 1.807) is 37.4 Å². The van der Waals surface area contributed by atoms with Crippen LogP contribution in [0.2, 0.25) is 0 Å². The highest BCUT2D eigenvalue weighted by Gasteiger charge is 2.29. The predicted molar refractivity (Wildman–Crippen MR) is 171 cm³/mol. The minimum absolute atomic E-state index is 0.0954. The van der Waals surface area contributed by atoms with Crippen molar-refractivity contribution in [2.45, 2.75) is 25.6 Å². The molecule has 7 rings (SSSR count). The number of fused-ring (bicyclic) bond motifs is 6. The molecule has 2 N–H and O–H groups in total. The molecule has 6 aromatic rings. The highest BCUT2D eigenvalue weighted by Crippen LogP contribution is 2.45. The van der Waals surface area contributed by atoms with Gasteiger partial charge in [0.25, 0.3) is 0 Å².